The minimum Gasteiger partial charge on any atom is -0.354 e. The van der Waals surface area contributed by atoms with E-state index in [1.165, 1.54) is 0 Å². The highest BCUT2D eigenvalue weighted by Gasteiger charge is 2.21. The third-order valence-electron chi connectivity index (χ3n) is 4.29. The Labute approximate surface area is 162 Å². The van der Waals surface area contributed by atoms with E-state index >= 15 is 0 Å². The minimum absolute atomic E-state index is 0.0245. The van der Waals surface area contributed by atoms with Gasteiger partial charge in [-0.2, -0.15) is 0 Å². The van der Waals surface area contributed by atoms with Crippen molar-refractivity contribution in [3.05, 3.63) is 65.7 Å². The highest BCUT2D eigenvalue weighted by atomic mass is 32.2. The number of amides is 1. The summed E-state index contributed by atoms with van der Waals surface area (Å²) in [5, 5.41) is 2.79. The van der Waals surface area contributed by atoms with Crippen LogP contribution in [-0.4, -0.2) is 33.7 Å². The standard InChI is InChI=1S/C21H28N2O3S/c1-21(2,3)18-10-12-19(13-11-18)23(27(4,25)26)16-20(24)22-15-14-17-8-6-5-7-9-17/h5-13H,14-16H2,1-4H3,(H,22,24). The number of hydrogen-bond acceptors (Lipinski definition) is 3. The third kappa shape index (κ3) is 6.40. The van der Waals surface area contributed by atoms with Gasteiger partial charge in [0.1, 0.15) is 6.54 Å². The van der Waals surface area contributed by atoms with E-state index in [-0.39, 0.29) is 17.9 Å². The molecule has 0 radical (unpaired) electrons. The van der Waals surface area contributed by atoms with Gasteiger partial charge < -0.3 is 5.32 Å². The largest absolute Gasteiger partial charge is 0.354 e. The van der Waals surface area contributed by atoms with Crippen LogP contribution in [0.3, 0.4) is 0 Å². The molecule has 0 saturated heterocycles. The summed E-state index contributed by atoms with van der Waals surface area (Å²) in [6.07, 6.45) is 1.81. The van der Waals surface area contributed by atoms with Gasteiger partial charge in [0.05, 0.1) is 11.9 Å². The molecule has 0 spiro atoms. The maximum Gasteiger partial charge on any atom is 0.240 e. The van der Waals surface area contributed by atoms with Crippen molar-refractivity contribution in [1.82, 2.24) is 5.32 Å². The fourth-order valence-electron chi connectivity index (χ4n) is 2.70. The van der Waals surface area contributed by atoms with E-state index in [1.54, 1.807) is 12.1 Å². The second-order valence-corrected chi connectivity index (χ2v) is 9.56. The van der Waals surface area contributed by atoms with Crippen molar-refractivity contribution < 1.29 is 13.2 Å². The molecule has 2 rings (SSSR count). The lowest BCUT2D eigenvalue weighted by Gasteiger charge is -2.24. The monoisotopic (exact) mass is 388 g/mol. The first kappa shape index (κ1) is 21.0. The van der Waals surface area contributed by atoms with E-state index in [2.05, 4.69) is 26.1 Å². The molecule has 0 unspecified atom stereocenters. The Hall–Kier alpha value is -2.34. The summed E-state index contributed by atoms with van der Waals surface area (Å²) in [5.74, 6) is -0.323. The predicted octanol–water partition coefficient (Wildman–Crippen LogP) is 3.11. The molecule has 0 fully saturated rings. The molecule has 146 valence electrons. The Morgan fingerprint density at radius 3 is 2.11 bits per heavy atom. The Balaban J connectivity index is 2.03. The van der Waals surface area contributed by atoms with Crippen molar-refractivity contribution in [1.29, 1.82) is 0 Å². The van der Waals surface area contributed by atoms with Crippen LogP contribution < -0.4 is 9.62 Å². The average Bonchev–Trinajstić information content (AvgIpc) is 2.59. The topological polar surface area (TPSA) is 66.5 Å². The van der Waals surface area contributed by atoms with Crippen LogP contribution in [0, 0.1) is 0 Å². The molecule has 0 atom stereocenters. The highest BCUT2D eigenvalue weighted by molar-refractivity contribution is 7.92. The van der Waals surface area contributed by atoms with Gasteiger partial charge in [0.25, 0.3) is 0 Å². The molecule has 0 aliphatic carbocycles. The fraction of sp³-hybridized carbons (Fsp3) is 0.381. The van der Waals surface area contributed by atoms with E-state index in [0.717, 1.165) is 21.7 Å². The lowest BCUT2D eigenvalue weighted by Crippen LogP contribution is -2.41. The number of sulfonamides is 1. The normalized spacial score (nSPS) is 11.9. The Morgan fingerprint density at radius 2 is 1.59 bits per heavy atom. The van der Waals surface area contributed by atoms with E-state index in [9.17, 15) is 13.2 Å². The fourth-order valence-corrected chi connectivity index (χ4v) is 3.56. The maximum absolute atomic E-state index is 12.3. The Morgan fingerprint density at radius 1 is 1.00 bits per heavy atom. The summed E-state index contributed by atoms with van der Waals surface area (Å²) >= 11 is 0. The molecule has 2 aromatic rings. The molecular formula is C21H28N2O3S. The second kappa shape index (κ2) is 8.57. The summed E-state index contributed by atoms with van der Waals surface area (Å²) in [7, 11) is -3.57. The third-order valence-corrected chi connectivity index (χ3v) is 5.43. The Bertz CT molecular complexity index is 855. The van der Waals surface area contributed by atoms with Crippen LogP contribution in [0.15, 0.2) is 54.6 Å². The van der Waals surface area contributed by atoms with Gasteiger partial charge in [0.15, 0.2) is 0 Å². The second-order valence-electron chi connectivity index (χ2n) is 7.65. The van der Waals surface area contributed by atoms with Gasteiger partial charge in [-0.15, -0.1) is 0 Å². The van der Waals surface area contributed by atoms with Crippen LogP contribution in [0.25, 0.3) is 0 Å². The molecule has 0 heterocycles. The van der Waals surface area contributed by atoms with Crippen LogP contribution in [0.4, 0.5) is 5.69 Å². The molecule has 27 heavy (non-hydrogen) atoms. The zero-order chi connectivity index (χ0) is 20.1. The molecule has 0 aliphatic rings. The zero-order valence-corrected chi connectivity index (χ0v) is 17.2. The first-order chi connectivity index (χ1) is 12.6. The lowest BCUT2D eigenvalue weighted by atomic mass is 9.87. The molecule has 0 bridgehead atoms. The van der Waals surface area contributed by atoms with Crippen LogP contribution in [0.2, 0.25) is 0 Å². The van der Waals surface area contributed by atoms with E-state index in [0.29, 0.717) is 18.7 Å². The molecule has 0 aromatic heterocycles. The minimum atomic E-state index is -3.57. The quantitative estimate of drug-likeness (QED) is 0.792. The summed E-state index contributed by atoms with van der Waals surface area (Å²) in [4.78, 5) is 12.3. The molecular weight excluding hydrogens is 360 g/mol. The Kier molecular flexibility index (Phi) is 6.65. The highest BCUT2D eigenvalue weighted by Crippen LogP contribution is 2.25. The molecule has 5 nitrogen and oxygen atoms in total. The lowest BCUT2D eigenvalue weighted by molar-refractivity contribution is -0.119. The summed E-state index contributed by atoms with van der Waals surface area (Å²) in [6, 6.07) is 17.1. The number of carbonyl (C=O) groups is 1. The van der Waals surface area contributed by atoms with Gasteiger partial charge in [0.2, 0.25) is 15.9 Å². The number of nitrogens with zero attached hydrogens (tertiary/aromatic N) is 1. The van der Waals surface area contributed by atoms with Crippen molar-refractivity contribution in [2.75, 3.05) is 23.7 Å². The van der Waals surface area contributed by atoms with Crippen molar-refractivity contribution in [3.8, 4) is 0 Å². The summed E-state index contributed by atoms with van der Waals surface area (Å²) < 4.78 is 25.5. The molecule has 6 heteroatoms. The molecule has 1 N–H and O–H groups in total. The number of benzene rings is 2. The van der Waals surface area contributed by atoms with E-state index < -0.39 is 10.0 Å². The predicted molar refractivity (Wildman–Crippen MR) is 110 cm³/mol. The van der Waals surface area contributed by atoms with Crippen molar-refractivity contribution in [2.24, 2.45) is 0 Å². The van der Waals surface area contributed by atoms with E-state index in [1.807, 2.05) is 42.5 Å². The van der Waals surface area contributed by atoms with Gasteiger partial charge in [-0.05, 0) is 35.1 Å². The van der Waals surface area contributed by atoms with Crippen molar-refractivity contribution in [2.45, 2.75) is 32.6 Å². The van der Waals surface area contributed by atoms with Gasteiger partial charge >= 0.3 is 0 Å². The van der Waals surface area contributed by atoms with Gasteiger partial charge in [-0.25, -0.2) is 8.42 Å². The van der Waals surface area contributed by atoms with Gasteiger partial charge in [0, 0.05) is 6.54 Å². The maximum atomic E-state index is 12.3. The summed E-state index contributed by atoms with van der Waals surface area (Å²) in [6.45, 7) is 6.51. The molecule has 0 saturated carbocycles. The van der Waals surface area contributed by atoms with Gasteiger partial charge in [-0.1, -0.05) is 63.2 Å². The van der Waals surface area contributed by atoms with Crippen LogP contribution in [0.1, 0.15) is 31.9 Å². The van der Waals surface area contributed by atoms with E-state index in [4.69, 9.17) is 0 Å². The van der Waals surface area contributed by atoms with Crippen molar-refractivity contribution in [3.63, 3.8) is 0 Å². The molecule has 1 amide bonds. The zero-order valence-electron chi connectivity index (χ0n) is 16.4. The van der Waals surface area contributed by atoms with Crippen LogP contribution >= 0.6 is 0 Å². The van der Waals surface area contributed by atoms with Crippen LogP contribution in [0.5, 0.6) is 0 Å². The number of carbonyl (C=O) groups excluding carboxylic acids is 1. The van der Waals surface area contributed by atoms with Crippen molar-refractivity contribution >= 4 is 21.6 Å². The van der Waals surface area contributed by atoms with Gasteiger partial charge in [-0.3, -0.25) is 9.10 Å². The molecule has 0 aliphatic heterocycles. The average molecular weight is 389 g/mol. The SMILES string of the molecule is CC(C)(C)c1ccc(N(CC(=O)NCCc2ccccc2)S(C)(=O)=O)cc1. The smallest absolute Gasteiger partial charge is 0.240 e. The number of hydrogen-bond donors (Lipinski definition) is 1. The number of rotatable bonds is 7. The number of anilines is 1. The summed E-state index contributed by atoms with van der Waals surface area (Å²) in [5.41, 5.74) is 2.69. The number of nitrogens with one attached hydrogen (secondary N) is 1. The first-order valence-electron chi connectivity index (χ1n) is 8.96. The van der Waals surface area contributed by atoms with Crippen LogP contribution in [-0.2, 0) is 26.7 Å². The molecule has 2 aromatic carbocycles. The first-order valence-corrected chi connectivity index (χ1v) is 10.8.